The van der Waals surface area contributed by atoms with E-state index >= 15 is 0 Å². The van der Waals surface area contributed by atoms with Crippen molar-refractivity contribution in [1.29, 1.82) is 0 Å². The van der Waals surface area contributed by atoms with Crippen molar-refractivity contribution in [3.8, 4) is 0 Å². The molecule has 7 heteroatoms. The van der Waals surface area contributed by atoms with Crippen molar-refractivity contribution in [3.05, 3.63) is 35.2 Å². The molecule has 2 unspecified atom stereocenters. The molecule has 0 bridgehead atoms. The monoisotopic (exact) mass is 327 g/mol. The van der Waals surface area contributed by atoms with Gasteiger partial charge in [-0.1, -0.05) is 19.1 Å². The smallest absolute Gasteiger partial charge is 0.214 e. The number of aldehydes is 1. The van der Waals surface area contributed by atoms with E-state index in [9.17, 15) is 18.0 Å². The zero-order valence-corrected chi connectivity index (χ0v) is 13.2. The van der Waals surface area contributed by atoms with Gasteiger partial charge in [0.25, 0.3) is 0 Å². The number of fused-ring (bicyclic) bond motifs is 1. The summed E-state index contributed by atoms with van der Waals surface area (Å²) in [6, 6.07) is -0.539. The molecule has 23 heavy (non-hydrogen) atoms. The summed E-state index contributed by atoms with van der Waals surface area (Å²) in [5, 5.41) is 3.92. The van der Waals surface area contributed by atoms with E-state index in [1.54, 1.807) is 13.0 Å². The van der Waals surface area contributed by atoms with Gasteiger partial charge in [0.2, 0.25) is 5.82 Å². The minimum Gasteiger partial charge on any atom is -0.294 e. The molecule has 1 fully saturated rings. The summed E-state index contributed by atoms with van der Waals surface area (Å²) in [6.45, 7) is 3.46. The molecule has 1 aliphatic carbocycles. The van der Waals surface area contributed by atoms with E-state index in [0.717, 1.165) is 12.8 Å². The number of halogens is 3. The third-order valence-electron chi connectivity index (χ3n) is 3.60. The second-order valence-corrected chi connectivity index (χ2v) is 5.49. The van der Waals surface area contributed by atoms with Crippen molar-refractivity contribution in [2.24, 2.45) is 0 Å². The Morgan fingerprint density at radius 2 is 2.04 bits per heavy atom. The Morgan fingerprint density at radius 1 is 1.39 bits per heavy atom. The molecule has 3 rings (SSSR count). The SMILES string of the molecule is C/C=C(F)\C(=C/CC)C1CC(F)c2nc(C=O)nn21.FC1CC1. The van der Waals surface area contributed by atoms with Gasteiger partial charge in [0.1, 0.15) is 12.0 Å². The molecule has 0 spiro atoms. The molecule has 0 saturated heterocycles. The zero-order chi connectivity index (χ0) is 17.0. The van der Waals surface area contributed by atoms with Crippen LogP contribution in [0.5, 0.6) is 0 Å². The molecule has 1 aromatic heterocycles. The van der Waals surface area contributed by atoms with Gasteiger partial charge in [-0.3, -0.25) is 4.79 Å². The highest BCUT2D eigenvalue weighted by molar-refractivity contribution is 5.68. The Labute approximate surface area is 133 Å². The first kappa shape index (κ1) is 17.4. The van der Waals surface area contributed by atoms with Gasteiger partial charge in [-0.15, -0.1) is 5.10 Å². The zero-order valence-electron chi connectivity index (χ0n) is 13.2. The summed E-state index contributed by atoms with van der Waals surface area (Å²) in [6.07, 6.45) is 4.14. The van der Waals surface area contributed by atoms with Crippen molar-refractivity contribution in [1.82, 2.24) is 14.8 Å². The number of alkyl halides is 2. The van der Waals surface area contributed by atoms with E-state index in [1.165, 1.54) is 10.8 Å². The van der Waals surface area contributed by atoms with Crippen LogP contribution in [0.25, 0.3) is 0 Å². The predicted octanol–water partition coefficient (Wildman–Crippen LogP) is 4.37. The summed E-state index contributed by atoms with van der Waals surface area (Å²) in [5.41, 5.74) is 0.397. The minimum absolute atomic E-state index is 0.0703. The third kappa shape index (κ3) is 4.09. The van der Waals surface area contributed by atoms with Crippen LogP contribution in [0.3, 0.4) is 0 Å². The Bertz CT molecular complexity index is 620. The Kier molecular flexibility index (Phi) is 5.74. The van der Waals surface area contributed by atoms with Crippen molar-refractivity contribution in [2.45, 2.75) is 57.9 Å². The first-order valence-electron chi connectivity index (χ1n) is 7.73. The van der Waals surface area contributed by atoms with Crippen LogP contribution in [-0.2, 0) is 0 Å². The van der Waals surface area contributed by atoms with Crippen LogP contribution < -0.4 is 0 Å². The molecule has 2 atom stereocenters. The normalized spacial score (nSPS) is 24.0. The highest BCUT2D eigenvalue weighted by Crippen LogP contribution is 2.41. The van der Waals surface area contributed by atoms with Gasteiger partial charge >= 0.3 is 0 Å². The fraction of sp³-hybridized carbons (Fsp3) is 0.562. The topological polar surface area (TPSA) is 47.8 Å². The molecule has 2 heterocycles. The van der Waals surface area contributed by atoms with Crippen molar-refractivity contribution in [2.75, 3.05) is 0 Å². The molecule has 0 amide bonds. The van der Waals surface area contributed by atoms with Crippen molar-refractivity contribution < 1.29 is 18.0 Å². The average Bonchev–Trinajstić information content (AvgIpc) is 3.11. The molecule has 1 aliphatic heterocycles. The van der Waals surface area contributed by atoms with E-state index in [0.29, 0.717) is 18.3 Å². The number of carbonyl (C=O) groups is 1. The maximum Gasteiger partial charge on any atom is 0.214 e. The molecular weight excluding hydrogens is 307 g/mol. The van der Waals surface area contributed by atoms with Crippen LogP contribution in [-0.4, -0.2) is 27.2 Å². The van der Waals surface area contributed by atoms with Gasteiger partial charge < -0.3 is 0 Å². The molecule has 0 N–H and O–H groups in total. The number of rotatable bonds is 4. The maximum absolute atomic E-state index is 13.9. The maximum atomic E-state index is 13.9. The Balaban J connectivity index is 0.000000417. The van der Waals surface area contributed by atoms with Gasteiger partial charge in [-0.25, -0.2) is 22.8 Å². The van der Waals surface area contributed by atoms with Crippen LogP contribution in [0, 0.1) is 0 Å². The van der Waals surface area contributed by atoms with E-state index in [-0.39, 0.29) is 18.1 Å². The number of allylic oxidation sites excluding steroid dienone is 4. The van der Waals surface area contributed by atoms with Crippen LogP contribution in [0.2, 0.25) is 0 Å². The first-order valence-corrected chi connectivity index (χ1v) is 7.73. The van der Waals surface area contributed by atoms with Crippen LogP contribution >= 0.6 is 0 Å². The molecule has 1 saturated carbocycles. The molecule has 126 valence electrons. The average molecular weight is 327 g/mol. The van der Waals surface area contributed by atoms with E-state index < -0.39 is 24.2 Å². The quantitative estimate of drug-likeness (QED) is 0.609. The van der Waals surface area contributed by atoms with Gasteiger partial charge in [0.15, 0.2) is 18.3 Å². The van der Waals surface area contributed by atoms with Crippen LogP contribution in [0.1, 0.15) is 68.2 Å². The lowest BCUT2D eigenvalue weighted by Gasteiger charge is -2.14. The number of carbonyl (C=O) groups excluding carboxylic acids is 1. The lowest BCUT2D eigenvalue weighted by atomic mass is 10.0. The van der Waals surface area contributed by atoms with Crippen molar-refractivity contribution >= 4 is 6.29 Å². The fourth-order valence-electron chi connectivity index (χ4n) is 2.35. The Hall–Kier alpha value is -1.92. The third-order valence-corrected chi connectivity index (χ3v) is 3.60. The number of nitrogens with zero attached hydrogens (tertiary/aromatic N) is 3. The molecule has 1 aromatic rings. The molecule has 0 aromatic carbocycles. The predicted molar refractivity (Wildman–Crippen MR) is 80.3 cm³/mol. The molecule has 2 aliphatic rings. The highest BCUT2D eigenvalue weighted by atomic mass is 19.1. The Morgan fingerprint density at radius 3 is 2.52 bits per heavy atom. The molecule has 4 nitrogen and oxygen atoms in total. The van der Waals surface area contributed by atoms with Gasteiger partial charge in [-0.05, 0) is 26.2 Å². The summed E-state index contributed by atoms with van der Waals surface area (Å²) >= 11 is 0. The van der Waals surface area contributed by atoms with E-state index in [2.05, 4.69) is 10.1 Å². The summed E-state index contributed by atoms with van der Waals surface area (Å²) in [4.78, 5) is 14.5. The second kappa shape index (κ2) is 7.57. The number of hydrogen-bond acceptors (Lipinski definition) is 3. The highest BCUT2D eigenvalue weighted by Gasteiger charge is 2.37. The first-order chi connectivity index (χ1) is 11.0. The second-order valence-electron chi connectivity index (χ2n) is 5.49. The van der Waals surface area contributed by atoms with Gasteiger partial charge in [-0.2, -0.15) is 0 Å². The number of aromatic nitrogens is 3. The standard InChI is InChI=1S/C13H15F2N3O.C3H5F/c1-3-5-8(9(14)4-2)11-6-10(15)13-16-12(7-19)17-18(11)13;4-3-1-2-3/h4-5,7,10-11H,3,6H2,1-2H3;3H,1-2H2/b8-5+,9-4+;. The van der Waals surface area contributed by atoms with Gasteiger partial charge in [0, 0.05) is 12.0 Å². The summed E-state index contributed by atoms with van der Waals surface area (Å²) < 4.78 is 40.2. The lowest BCUT2D eigenvalue weighted by Crippen LogP contribution is -2.10. The van der Waals surface area contributed by atoms with E-state index in [4.69, 9.17) is 0 Å². The van der Waals surface area contributed by atoms with Crippen LogP contribution in [0.15, 0.2) is 23.6 Å². The number of hydrogen-bond donors (Lipinski definition) is 0. The fourth-order valence-corrected chi connectivity index (χ4v) is 2.35. The summed E-state index contributed by atoms with van der Waals surface area (Å²) in [5.74, 6) is -0.368. The van der Waals surface area contributed by atoms with Crippen LogP contribution in [0.4, 0.5) is 13.2 Å². The molecule has 0 radical (unpaired) electrons. The van der Waals surface area contributed by atoms with E-state index in [1.807, 2.05) is 6.92 Å². The summed E-state index contributed by atoms with van der Waals surface area (Å²) in [7, 11) is 0. The largest absolute Gasteiger partial charge is 0.294 e. The van der Waals surface area contributed by atoms with Gasteiger partial charge in [0.05, 0.1) is 6.04 Å². The van der Waals surface area contributed by atoms with Crippen molar-refractivity contribution in [3.63, 3.8) is 0 Å². The lowest BCUT2D eigenvalue weighted by molar-refractivity contribution is 0.111. The minimum atomic E-state index is -1.32. The molecular formula is C16H20F3N3O.